The van der Waals surface area contributed by atoms with Crippen molar-refractivity contribution in [2.24, 2.45) is 5.73 Å². The summed E-state index contributed by atoms with van der Waals surface area (Å²) in [6.45, 7) is -0.284. The lowest BCUT2D eigenvalue weighted by molar-refractivity contribution is 0.0914. The number of benzene rings is 2. The van der Waals surface area contributed by atoms with Gasteiger partial charge in [-0.15, -0.1) is 0 Å². The van der Waals surface area contributed by atoms with Gasteiger partial charge in [-0.25, -0.2) is 4.98 Å². The van der Waals surface area contributed by atoms with Crippen molar-refractivity contribution in [1.29, 1.82) is 0 Å². The summed E-state index contributed by atoms with van der Waals surface area (Å²) in [6.07, 6.45) is 6.45. The second kappa shape index (κ2) is 8.84. The molecule has 168 valence electrons. The van der Waals surface area contributed by atoms with E-state index in [0.717, 1.165) is 10.9 Å². The zero-order valence-corrected chi connectivity index (χ0v) is 18.4. The third kappa shape index (κ3) is 4.26. The van der Waals surface area contributed by atoms with Crippen LogP contribution in [-0.4, -0.2) is 33.2 Å². The van der Waals surface area contributed by atoms with E-state index >= 15 is 0 Å². The number of H-pyrrole nitrogens is 1. The number of nitrogens with two attached hydrogens (primary N) is 1. The third-order valence-corrected chi connectivity index (χ3v) is 5.44. The molecule has 1 amide bonds. The fourth-order valence-electron chi connectivity index (χ4n) is 3.62. The number of ether oxygens (including phenoxy) is 2. The Balaban J connectivity index is 1.37. The number of amides is 1. The number of hydrogen-bond acceptors (Lipinski definition) is 6. The Labute approximate surface area is 198 Å². The summed E-state index contributed by atoms with van der Waals surface area (Å²) >= 11 is 5.93. The fourth-order valence-corrected chi connectivity index (χ4v) is 3.79. The number of carbonyl (C=O) groups is 2. The third-order valence-electron chi connectivity index (χ3n) is 5.23. The van der Waals surface area contributed by atoms with Crippen molar-refractivity contribution in [2.45, 2.75) is 0 Å². The number of carbonyl (C=O) groups excluding carboxylic acids is 2. The van der Waals surface area contributed by atoms with Gasteiger partial charge in [0.2, 0.25) is 5.78 Å². The van der Waals surface area contributed by atoms with Gasteiger partial charge in [-0.3, -0.25) is 14.6 Å². The Morgan fingerprint density at radius 3 is 2.68 bits per heavy atom. The molecule has 0 saturated carbocycles. The number of nitrogens with zero attached hydrogens (tertiary/aromatic N) is 2. The van der Waals surface area contributed by atoms with Crippen LogP contribution in [0.3, 0.4) is 0 Å². The summed E-state index contributed by atoms with van der Waals surface area (Å²) in [6, 6.07) is 13.8. The molecule has 2 aromatic carbocycles. The zero-order chi connectivity index (χ0) is 23.7. The van der Waals surface area contributed by atoms with Crippen molar-refractivity contribution in [3.8, 4) is 17.2 Å². The van der Waals surface area contributed by atoms with E-state index in [1.807, 2.05) is 0 Å². The number of aromatic nitrogens is 3. The van der Waals surface area contributed by atoms with Crippen LogP contribution in [0, 0.1) is 0 Å². The SMILES string of the molecule is NC(=O)c1cc2cc(Cl)ncc2cc1OCC(=O)c1c[nH]c2cc(Oc3cccnc3)ccc12. The van der Waals surface area contributed by atoms with Gasteiger partial charge in [-0.2, -0.15) is 0 Å². The maximum absolute atomic E-state index is 12.9. The minimum atomic E-state index is -0.675. The number of Topliss-reactive ketones (excluding diaryl/α,β-unsaturated/α-hetero) is 1. The van der Waals surface area contributed by atoms with E-state index in [1.54, 1.807) is 73.3 Å². The largest absolute Gasteiger partial charge is 0.485 e. The molecule has 0 atom stereocenters. The second-order valence-electron chi connectivity index (χ2n) is 7.48. The fraction of sp³-hybridized carbons (Fsp3) is 0.0400. The predicted octanol–water partition coefficient (Wildman–Crippen LogP) is 4.92. The first kappa shape index (κ1) is 21.4. The Kier molecular flexibility index (Phi) is 5.57. The lowest BCUT2D eigenvalue weighted by atomic mass is 10.1. The number of primary amides is 1. The van der Waals surface area contributed by atoms with Crippen molar-refractivity contribution in [3.05, 3.63) is 89.6 Å². The molecule has 0 fully saturated rings. The van der Waals surface area contributed by atoms with Gasteiger partial charge in [0.05, 0.1) is 11.8 Å². The van der Waals surface area contributed by atoms with Crippen LogP contribution in [-0.2, 0) is 0 Å². The number of ketones is 1. The molecule has 0 radical (unpaired) electrons. The van der Waals surface area contributed by atoms with Gasteiger partial charge >= 0.3 is 0 Å². The van der Waals surface area contributed by atoms with Crippen LogP contribution in [0.15, 0.2) is 73.3 Å². The highest BCUT2D eigenvalue weighted by atomic mass is 35.5. The van der Waals surface area contributed by atoms with Gasteiger partial charge in [0.1, 0.15) is 22.4 Å². The van der Waals surface area contributed by atoms with Crippen LogP contribution in [0.5, 0.6) is 17.2 Å². The lowest BCUT2D eigenvalue weighted by Gasteiger charge is -2.11. The molecular formula is C25H17ClN4O4. The van der Waals surface area contributed by atoms with Crippen molar-refractivity contribution in [3.63, 3.8) is 0 Å². The number of hydrogen-bond donors (Lipinski definition) is 2. The second-order valence-corrected chi connectivity index (χ2v) is 7.87. The summed E-state index contributed by atoms with van der Waals surface area (Å²) in [5.74, 6) is 0.469. The van der Waals surface area contributed by atoms with Gasteiger partial charge < -0.3 is 20.2 Å². The van der Waals surface area contributed by atoms with Gasteiger partial charge in [0, 0.05) is 46.5 Å². The molecule has 5 rings (SSSR count). The molecular weight excluding hydrogens is 456 g/mol. The Morgan fingerprint density at radius 2 is 1.88 bits per heavy atom. The molecule has 0 aliphatic rings. The summed E-state index contributed by atoms with van der Waals surface area (Å²) in [5, 5.41) is 2.40. The molecule has 8 nitrogen and oxygen atoms in total. The molecule has 0 aliphatic carbocycles. The van der Waals surface area contributed by atoms with E-state index in [9.17, 15) is 9.59 Å². The summed E-state index contributed by atoms with van der Waals surface area (Å²) in [5.41, 5.74) is 6.86. The average molecular weight is 473 g/mol. The zero-order valence-electron chi connectivity index (χ0n) is 17.6. The molecule has 0 bridgehead atoms. The van der Waals surface area contributed by atoms with E-state index in [0.29, 0.717) is 33.0 Å². The number of rotatable bonds is 7. The summed E-state index contributed by atoms with van der Waals surface area (Å²) < 4.78 is 11.5. The van der Waals surface area contributed by atoms with Gasteiger partial charge in [-0.1, -0.05) is 11.6 Å². The molecule has 5 aromatic rings. The number of pyridine rings is 2. The molecule has 0 saturated heterocycles. The van der Waals surface area contributed by atoms with Crippen molar-refractivity contribution < 1.29 is 19.1 Å². The van der Waals surface area contributed by atoms with Crippen LogP contribution >= 0.6 is 11.6 Å². The van der Waals surface area contributed by atoms with E-state index in [2.05, 4.69) is 15.0 Å². The minimum Gasteiger partial charge on any atom is -0.485 e. The standard InChI is InChI=1S/C25H17ClN4O4/c26-24-8-14-6-19(25(27)32)23(7-15(14)10-30-24)33-13-22(31)20-12-29-21-9-16(3-4-18(20)21)34-17-2-1-5-28-11-17/h1-12,29H,13H2,(H2,27,32). The molecule has 34 heavy (non-hydrogen) atoms. The molecule has 3 N–H and O–H groups in total. The Morgan fingerprint density at radius 1 is 1.00 bits per heavy atom. The first-order valence-electron chi connectivity index (χ1n) is 10.2. The van der Waals surface area contributed by atoms with E-state index < -0.39 is 5.91 Å². The monoisotopic (exact) mass is 472 g/mol. The molecule has 0 unspecified atom stereocenters. The quantitative estimate of drug-likeness (QED) is 0.256. The van der Waals surface area contributed by atoms with Crippen molar-refractivity contribution >= 4 is 45.0 Å². The van der Waals surface area contributed by atoms with Crippen LogP contribution in [0.25, 0.3) is 21.7 Å². The lowest BCUT2D eigenvalue weighted by Crippen LogP contribution is -2.16. The molecule has 0 spiro atoms. The maximum Gasteiger partial charge on any atom is 0.252 e. The van der Waals surface area contributed by atoms with Crippen LogP contribution in [0.4, 0.5) is 0 Å². The van der Waals surface area contributed by atoms with E-state index in [1.165, 1.54) is 0 Å². The van der Waals surface area contributed by atoms with Crippen LogP contribution in [0.2, 0.25) is 5.15 Å². The Hall–Kier alpha value is -4.43. The maximum atomic E-state index is 12.9. The van der Waals surface area contributed by atoms with E-state index in [4.69, 9.17) is 26.8 Å². The molecule has 0 aliphatic heterocycles. The highest BCUT2D eigenvalue weighted by molar-refractivity contribution is 6.30. The summed E-state index contributed by atoms with van der Waals surface area (Å²) in [4.78, 5) is 36.0. The predicted molar refractivity (Wildman–Crippen MR) is 128 cm³/mol. The van der Waals surface area contributed by atoms with E-state index in [-0.39, 0.29) is 23.7 Å². The highest BCUT2D eigenvalue weighted by Gasteiger charge is 2.17. The summed E-state index contributed by atoms with van der Waals surface area (Å²) in [7, 11) is 0. The Bertz CT molecular complexity index is 1550. The molecule has 9 heteroatoms. The average Bonchev–Trinajstić information content (AvgIpc) is 3.26. The van der Waals surface area contributed by atoms with Gasteiger partial charge in [0.25, 0.3) is 5.91 Å². The topological polar surface area (TPSA) is 120 Å². The minimum absolute atomic E-state index is 0.152. The molecule has 3 aromatic heterocycles. The van der Waals surface area contributed by atoms with Crippen molar-refractivity contribution in [1.82, 2.24) is 15.0 Å². The van der Waals surface area contributed by atoms with Crippen molar-refractivity contribution in [2.75, 3.05) is 6.61 Å². The number of halogens is 1. The number of fused-ring (bicyclic) bond motifs is 2. The normalized spacial score (nSPS) is 11.0. The smallest absolute Gasteiger partial charge is 0.252 e. The van der Waals surface area contributed by atoms with Crippen LogP contribution < -0.4 is 15.2 Å². The molecule has 3 heterocycles. The first-order chi connectivity index (χ1) is 16.5. The van der Waals surface area contributed by atoms with Gasteiger partial charge in [-0.05, 0) is 47.9 Å². The number of nitrogens with one attached hydrogen (secondary N) is 1. The highest BCUT2D eigenvalue weighted by Crippen LogP contribution is 2.29. The van der Waals surface area contributed by atoms with Gasteiger partial charge in [0.15, 0.2) is 6.61 Å². The van der Waals surface area contributed by atoms with Crippen LogP contribution in [0.1, 0.15) is 20.7 Å². The first-order valence-corrected chi connectivity index (χ1v) is 10.6. The number of aromatic amines is 1.